The van der Waals surface area contributed by atoms with Crippen LogP contribution < -0.4 is 5.73 Å². The molecule has 21 heavy (non-hydrogen) atoms. The molecule has 0 aromatic carbocycles. The molecule has 1 fully saturated rings. The number of hydrogen-bond donors (Lipinski definition) is 2. The van der Waals surface area contributed by atoms with Gasteiger partial charge in [0.2, 0.25) is 5.91 Å². The van der Waals surface area contributed by atoms with Crippen LogP contribution in [-0.2, 0) is 9.59 Å². The third-order valence-electron chi connectivity index (χ3n) is 4.68. The molecule has 0 aromatic rings. The highest BCUT2D eigenvalue weighted by molar-refractivity contribution is 5.83. The minimum Gasteiger partial charge on any atom is -0.480 e. The Bertz CT molecular complexity index is 357. The summed E-state index contributed by atoms with van der Waals surface area (Å²) in [6.45, 7) is 7.55. The lowest BCUT2D eigenvalue weighted by Gasteiger charge is -2.36. The Kier molecular flexibility index (Phi) is 7.15. The number of aliphatic carboxylic acids is 1. The molecule has 5 heteroatoms. The van der Waals surface area contributed by atoms with Crippen LogP contribution in [0.15, 0.2) is 0 Å². The number of carbonyl (C=O) groups excluding carboxylic acids is 1. The van der Waals surface area contributed by atoms with Gasteiger partial charge in [-0.3, -0.25) is 4.79 Å². The Morgan fingerprint density at radius 1 is 1.33 bits per heavy atom. The number of likely N-dealkylation sites (tertiary alicyclic amines) is 1. The second-order valence-corrected chi connectivity index (χ2v) is 6.69. The first-order valence-corrected chi connectivity index (χ1v) is 8.09. The first kappa shape index (κ1) is 18.0. The van der Waals surface area contributed by atoms with Crippen LogP contribution >= 0.6 is 0 Å². The van der Waals surface area contributed by atoms with E-state index in [0.29, 0.717) is 43.7 Å². The van der Waals surface area contributed by atoms with E-state index in [9.17, 15) is 14.7 Å². The van der Waals surface area contributed by atoms with Crippen molar-refractivity contribution >= 4 is 11.9 Å². The number of piperidine rings is 1. The van der Waals surface area contributed by atoms with Gasteiger partial charge < -0.3 is 15.7 Å². The Morgan fingerprint density at radius 2 is 2.00 bits per heavy atom. The van der Waals surface area contributed by atoms with Crippen molar-refractivity contribution in [3.63, 3.8) is 0 Å². The predicted molar refractivity (Wildman–Crippen MR) is 82.8 cm³/mol. The SMILES string of the molecule is CC1CCN(C(=O)CCC(CCN)C(C)C)C(C(=O)O)C1. The molecule has 1 aliphatic heterocycles. The standard InChI is InChI=1S/C16H30N2O3/c1-11(2)13(6-8-17)4-5-15(19)18-9-7-12(3)10-14(18)16(20)21/h11-14H,4-10,17H2,1-3H3,(H,20,21). The topological polar surface area (TPSA) is 83.6 Å². The van der Waals surface area contributed by atoms with Crippen molar-refractivity contribution in [2.75, 3.05) is 13.1 Å². The van der Waals surface area contributed by atoms with E-state index in [1.54, 1.807) is 4.90 Å². The van der Waals surface area contributed by atoms with Crippen LogP contribution in [0.25, 0.3) is 0 Å². The second kappa shape index (κ2) is 8.37. The highest BCUT2D eigenvalue weighted by Crippen LogP contribution is 2.26. The Hall–Kier alpha value is -1.10. The first-order chi connectivity index (χ1) is 9.86. The van der Waals surface area contributed by atoms with Crippen molar-refractivity contribution in [3.05, 3.63) is 0 Å². The van der Waals surface area contributed by atoms with E-state index in [2.05, 4.69) is 13.8 Å². The average molecular weight is 298 g/mol. The van der Waals surface area contributed by atoms with Gasteiger partial charge in [0.05, 0.1) is 0 Å². The van der Waals surface area contributed by atoms with Crippen LogP contribution in [0.2, 0.25) is 0 Å². The van der Waals surface area contributed by atoms with E-state index >= 15 is 0 Å². The van der Waals surface area contributed by atoms with Crippen molar-refractivity contribution < 1.29 is 14.7 Å². The highest BCUT2D eigenvalue weighted by Gasteiger charge is 2.34. The summed E-state index contributed by atoms with van der Waals surface area (Å²) in [6, 6.07) is -0.645. The second-order valence-electron chi connectivity index (χ2n) is 6.69. The third kappa shape index (κ3) is 5.30. The monoisotopic (exact) mass is 298 g/mol. The van der Waals surface area contributed by atoms with E-state index in [4.69, 9.17) is 5.73 Å². The molecule has 3 atom stereocenters. The molecule has 1 saturated heterocycles. The van der Waals surface area contributed by atoms with E-state index in [1.165, 1.54) is 0 Å². The number of rotatable bonds is 7. The number of hydrogen-bond acceptors (Lipinski definition) is 3. The summed E-state index contributed by atoms with van der Waals surface area (Å²) in [5, 5.41) is 9.31. The van der Waals surface area contributed by atoms with Gasteiger partial charge in [-0.25, -0.2) is 4.79 Å². The maximum atomic E-state index is 12.4. The molecule has 1 aliphatic rings. The van der Waals surface area contributed by atoms with Gasteiger partial charge in [-0.1, -0.05) is 20.8 Å². The Morgan fingerprint density at radius 3 is 2.52 bits per heavy atom. The van der Waals surface area contributed by atoms with E-state index in [1.807, 2.05) is 6.92 Å². The summed E-state index contributed by atoms with van der Waals surface area (Å²) >= 11 is 0. The zero-order chi connectivity index (χ0) is 16.0. The minimum atomic E-state index is -0.878. The maximum absolute atomic E-state index is 12.4. The summed E-state index contributed by atoms with van der Waals surface area (Å²) in [4.78, 5) is 25.3. The summed E-state index contributed by atoms with van der Waals surface area (Å²) in [6.07, 6.45) is 3.61. The molecule has 0 bridgehead atoms. The molecule has 1 rings (SSSR count). The molecule has 5 nitrogen and oxygen atoms in total. The molecule has 3 N–H and O–H groups in total. The van der Waals surface area contributed by atoms with Crippen LogP contribution in [-0.4, -0.2) is 41.0 Å². The average Bonchev–Trinajstić information content (AvgIpc) is 2.42. The number of carboxylic acids is 1. The first-order valence-electron chi connectivity index (χ1n) is 8.09. The lowest BCUT2D eigenvalue weighted by atomic mass is 9.87. The lowest BCUT2D eigenvalue weighted by molar-refractivity contribution is -0.153. The molecule has 0 aliphatic carbocycles. The molecule has 0 radical (unpaired) electrons. The number of amides is 1. The summed E-state index contributed by atoms with van der Waals surface area (Å²) in [7, 11) is 0. The van der Waals surface area contributed by atoms with E-state index < -0.39 is 12.0 Å². The van der Waals surface area contributed by atoms with Gasteiger partial charge in [0.25, 0.3) is 0 Å². The van der Waals surface area contributed by atoms with E-state index in [0.717, 1.165) is 19.3 Å². The predicted octanol–water partition coefficient (Wildman–Crippen LogP) is 2.10. The van der Waals surface area contributed by atoms with Crippen molar-refractivity contribution in [2.24, 2.45) is 23.5 Å². The normalized spacial score (nSPS) is 24.1. The fourth-order valence-electron chi connectivity index (χ4n) is 3.15. The quantitative estimate of drug-likeness (QED) is 0.754. The molecule has 0 aromatic heterocycles. The molecule has 122 valence electrons. The van der Waals surface area contributed by atoms with Crippen molar-refractivity contribution in [1.82, 2.24) is 4.90 Å². The third-order valence-corrected chi connectivity index (χ3v) is 4.68. The Balaban J connectivity index is 2.58. The smallest absolute Gasteiger partial charge is 0.326 e. The molecular formula is C16H30N2O3. The van der Waals surface area contributed by atoms with Gasteiger partial charge in [0, 0.05) is 13.0 Å². The summed E-state index contributed by atoms with van der Waals surface area (Å²) in [5.41, 5.74) is 5.62. The number of carboxylic acid groups (broad SMARTS) is 1. The summed E-state index contributed by atoms with van der Waals surface area (Å²) in [5.74, 6) is 0.411. The van der Waals surface area contributed by atoms with E-state index in [-0.39, 0.29) is 5.91 Å². The number of nitrogens with zero attached hydrogens (tertiary/aromatic N) is 1. The molecule has 1 amide bonds. The Labute approximate surface area is 127 Å². The van der Waals surface area contributed by atoms with Crippen LogP contribution in [0.5, 0.6) is 0 Å². The lowest BCUT2D eigenvalue weighted by Crippen LogP contribution is -2.49. The maximum Gasteiger partial charge on any atom is 0.326 e. The zero-order valence-electron chi connectivity index (χ0n) is 13.5. The highest BCUT2D eigenvalue weighted by atomic mass is 16.4. The number of carbonyl (C=O) groups is 2. The van der Waals surface area contributed by atoms with Crippen LogP contribution in [0.1, 0.15) is 52.9 Å². The summed E-state index contributed by atoms with van der Waals surface area (Å²) < 4.78 is 0. The van der Waals surface area contributed by atoms with Gasteiger partial charge in [0.1, 0.15) is 6.04 Å². The van der Waals surface area contributed by atoms with Gasteiger partial charge in [0.15, 0.2) is 0 Å². The molecule has 1 heterocycles. The van der Waals surface area contributed by atoms with Crippen LogP contribution in [0.4, 0.5) is 0 Å². The van der Waals surface area contributed by atoms with Crippen molar-refractivity contribution in [2.45, 2.75) is 58.9 Å². The molecule has 3 unspecified atom stereocenters. The van der Waals surface area contributed by atoms with Crippen molar-refractivity contribution in [3.8, 4) is 0 Å². The van der Waals surface area contributed by atoms with Crippen LogP contribution in [0, 0.1) is 17.8 Å². The largest absolute Gasteiger partial charge is 0.480 e. The zero-order valence-corrected chi connectivity index (χ0v) is 13.5. The van der Waals surface area contributed by atoms with Gasteiger partial charge in [-0.05, 0) is 50.0 Å². The molecule has 0 saturated carbocycles. The van der Waals surface area contributed by atoms with Crippen molar-refractivity contribution in [1.29, 1.82) is 0 Å². The minimum absolute atomic E-state index is 0.0167. The fourth-order valence-corrected chi connectivity index (χ4v) is 3.15. The van der Waals surface area contributed by atoms with Gasteiger partial charge in [-0.2, -0.15) is 0 Å². The van der Waals surface area contributed by atoms with Gasteiger partial charge in [-0.15, -0.1) is 0 Å². The number of nitrogens with two attached hydrogens (primary N) is 1. The molecule has 0 spiro atoms. The van der Waals surface area contributed by atoms with Crippen LogP contribution in [0.3, 0.4) is 0 Å². The fraction of sp³-hybridized carbons (Fsp3) is 0.875. The molecular weight excluding hydrogens is 268 g/mol. The van der Waals surface area contributed by atoms with Gasteiger partial charge >= 0.3 is 5.97 Å².